The number of pyridine rings is 1. The Balaban J connectivity index is 2.97. The molecule has 0 aromatic carbocycles. The highest BCUT2D eigenvalue weighted by Crippen LogP contribution is 2.27. The van der Waals surface area contributed by atoms with Crippen LogP contribution < -0.4 is 4.90 Å². The smallest absolute Gasteiger partial charge is 0.0822 e. The van der Waals surface area contributed by atoms with Gasteiger partial charge in [0.05, 0.1) is 10.7 Å². The molecule has 0 fully saturated rings. The van der Waals surface area contributed by atoms with Crippen molar-refractivity contribution in [2.24, 2.45) is 0 Å². The summed E-state index contributed by atoms with van der Waals surface area (Å²) in [6.07, 6.45) is 5.76. The first kappa shape index (κ1) is 13.8. The van der Waals surface area contributed by atoms with E-state index in [1.165, 1.54) is 0 Å². The first-order valence-corrected chi connectivity index (χ1v) is 7.16. The van der Waals surface area contributed by atoms with E-state index in [0.717, 1.165) is 35.4 Å². The molecule has 0 aliphatic rings. The second kappa shape index (κ2) is 7.13. The summed E-state index contributed by atoms with van der Waals surface area (Å²) in [5.74, 6) is 0. The van der Waals surface area contributed by atoms with Gasteiger partial charge >= 0.3 is 0 Å². The summed E-state index contributed by atoms with van der Waals surface area (Å²) in [5, 5.41) is 1.68. The molecule has 0 spiro atoms. The van der Waals surface area contributed by atoms with E-state index in [-0.39, 0.29) is 0 Å². The van der Waals surface area contributed by atoms with Crippen molar-refractivity contribution >= 4 is 33.2 Å². The van der Waals surface area contributed by atoms with Crippen LogP contribution in [0, 0.1) is 0 Å². The summed E-state index contributed by atoms with van der Waals surface area (Å²) in [4.78, 5) is 6.39. The standard InChI is InChI=1S/C12H18BrClN2/c1-3-10(4-2)16(8-6-13)12-5-7-15-9-11(12)14/h5,7,9-10H,3-4,6,8H2,1-2H3. The number of hydrogen-bond acceptors (Lipinski definition) is 2. The van der Waals surface area contributed by atoms with Gasteiger partial charge in [-0.1, -0.05) is 41.4 Å². The molecular weight excluding hydrogens is 288 g/mol. The van der Waals surface area contributed by atoms with Crippen LogP contribution in [0.25, 0.3) is 0 Å². The summed E-state index contributed by atoms with van der Waals surface area (Å²) >= 11 is 9.69. The lowest BCUT2D eigenvalue weighted by Crippen LogP contribution is -2.36. The van der Waals surface area contributed by atoms with Crippen LogP contribution in [0.15, 0.2) is 18.5 Å². The van der Waals surface area contributed by atoms with Crippen molar-refractivity contribution in [2.45, 2.75) is 32.7 Å². The normalized spacial score (nSPS) is 10.8. The molecule has 90 valence electrons. The highest BCUT2D eigenvalue weighted by atomic mass is 79.9. The van der Waals surface area contributed by atoms with E-state index in [9.17, 15) is 0 Å². The molecule has 4 heteroatoms. The Morgan fingerprint density at radius 2 is 2.12 bits per heavy atom. The largest absolute Gasteiger partial charge is 0.366 e. The summed E-state index contributed by atoms with van der Waals surface area (Å²) in [6, 6.07) is 2.53. The lowest BCUT2D eigenvalue weighted by atomic mass is 10.1. The van der Waals surface area contributed by atoms with Gasteiger partial charge in [-0.3, -0.25) is 4.98 Å². The minimum atomic E-state index is 0.539. The molecule has 0 radical (unpaired) electrons. The third-order valence-corrected chi connectivity index (χ3v) is 3.42. The Bertz CT molecular complexity index is 316. The Morgan fingerprint density at radius 3 is 2.62 bits per heavy atom. The summed E-state index contributed by atoms with van der Waals surface area (Å²) in [6.45, 7) is 5.39. The Morgan fingerprint density at radius 1 is 1.44 bits per heavy atom. The maximum atomic E-state index is 6.19. The highest BCUT2D eigenvalue weighted by molar-refractivity contribution is 9.09. The minimum absolute atomic E-state index is 0.539. The van der Waals surface area contributed by atoms with Crippen LogP contribution in [-0.4, -0.2) is 22.9 Å². The molecule has 0 aliphatic heterocycles. The minimum Gasteiger partial charge on any atom is -0.366 e. The molecule has 16 heavy (non-hydrogen) atoms. The average molecular weight is 306 g/mol. The summed E-state index contributed by atoms with van der Waals surface area (Å²) < 4.78 is 0. The number of alkyl halides is 1. The highest BCUT2D eigenvalue weighted by Gasteiger charge is 2.17. The van der Waals surface area contributed by atoms with E-state index >= 15 is 0 Å². The van der Waals surface area contributed by atoms with Gasteiger partial charge in [0, 0.05) is 30.3 Å². The molecule has 1 aromatic heterocycles. The fourth-order valence-electron chi connectivity index (χ4n) is 1.92. The lowest BCUT2D eigenvalue weighted by Gasteiger charge is -2.32. The van der Waals surface area contributed by atoms with Crippen molar-refractivity contribution in [3.8, 4) is 0 Å². The van der Waals surface area contributed by atoms with Crippen LogP contribution >= 0.6 is 27.5 Å². The SMILES string of the molecule is CCC(CC)N(CCBr)c1ccncc1Cl. The number of anilines is 1. The zero-order valence-corrected chi connectivity index (χ0v) is 12.1. The molecule has 0 atom stereocenters. The monoisotopic (exact) mass is 304 g/mol. The molecular formula is C12H18BrClN2. The van der Waals surface area contributed by atoms with Crippen LogP contribution in [0.2, 0.25) is 5.02 Å². The third kappa shape index (κ3) is 3.36. The molecule has 0 unspecified atom stereocenters. The van der Waals surface area contributed by atoms with Crippen molar-refractivity contribution in [1.29, 1.82) is 0 Å². The van der Waals surface area contributed by atoms with Crippen LogP contribution in [0.1, 0.15) is 26.7 Å². The fourth-order valence-corrected chi connectivity index (χ4v) is 2.53. The second-order valence-electron chi connectivity index (χ2n) is 3.68. The first-order chi connectivity index (χ1) is 7.74. The van der Waals surface area contributed by atoms with Crippen LogP contribution in [-0.2, 0) is 0 Å². The van der Waals surface area contributed by atoms with Gasteiger partial charge in [0.15, 0.2) is 0 Å². The third-order valence-electron chi connectivity index (χ3n) is 2.77. The lowest BCUT2D eigenvalue weighted by molar-refractivity contribution is 0.568. The molecule has 2 nitrogen and oxygen atoms in total. The van der Waals surface area contributed by atoms with Crippen molar-refractivity contribution in [3.63, 3.8) is 0 Å². The Labute approximate surface area is 111 Å². The van der Waals surface area contributed by atoms with Gasteiger partial charge in [0.25, 0.3) is 0 Å². The van der Waals surface area contributed by atoms with Gasteiger partial charge in [0.1, 0.15) is 0 Å². The second-order valence-corrected chi connectivity index (χ2v) is 4.88. The van der Waals surface area contributed by atoms with E-state index in [2.05, 4.69) is 39.7 Å². The Kier molecular flexibility index (Phi) is 6.14. The number of aromatic nitrogens is 1. The van der Waals surface area contributed by atoms with Crippen molar-refractivity contribution in [1.82, 2.24) is 4.98 Å². The van der Waals surface area contributed by atoms with Gasteiger partial charge in [-0.2, -0.15) is 0 Å². The zero-order valence-electron chi connectivity index (χ0n) is 9.79. The van der Waals surface area contributed by atoms with Gasteiger partial charge in [-0.25, -0.2) is 0 Å². The number of hydrogen-bond donors (Lipinski definition) is 0. The van der Waals surface area contributed by atoms with Crippen LogP contribution in [0.4, 0.5) is 5.69 Å². The van der Waals surface area contributed by atoms with Crippen molar-refractivity contribution in [2.75, 3.05) is 16.8 Å². The van der Waals surface area contributed by atoms with E-state index in [4.69, 9.17) is 11.6 Å². The van der Waals surface area contributed by atoms with Gasteiger partial charge in [-0.05, 0) is 18.9 Å². The van der Waals surface area contributed by atoms with Gasteiger partial charge in [0.2, 0.25) is 0 Å². The number of rotatable bonds is 6. The summed E-state index contributed by atoms with van der Waals surface area (Å²) in [5.41, 5.74) is 1.09. The topological polar surface area (TPSA) is 16.1 Å². The molecule has 0 saturated carbocycles. The molecule has 0 bridgehead atoms. The maximum absolute atomic E-state index is 6.19. The molecule has 1 rings (SSSR count). The molecule has 0 saturated heterocycles. The van der Waals surface area contributed by atoms with Crippen LogP contribution in [0.5, 0.6) is 0 Å². The Hall–Kier alpha value is -0.280. The zero-order chi connectivity index (χ0) is 12.0. The summed E-state index contributed by atoms with van der Waals surface area (Å²) in [7, 11) is 0. The van der Waals surface area contributed by atoms with E-state index < -0.39 is 0 Å². The number of halogens is 2. The van der Waals surface area contributed by atoms with E-state index in [0.29, 0.717) is 6.04 Å². The van der Waals surface area contributed by atoms with Crippen molar-refractivity contribution < 1.29 is 0 Å². The molecule has 0 amide bonds. The quantitative estimate of drug-likeness (QED) is 0.735. The maximum Gasteiger partial charge on any atom is 0.0822 e. The molecule has 0 aliphatic carbocycles. The fraction of sp³-hybridized carbons (Fsp3) is 0.583. The van der Waals surface area contributed by atoms with Crippen molar-refractivity contribution in [3.05, 3.63) is 23.5 Å². The first-order valence-electron chi connectivity index (χ1n) is 5.66. The van der Waals surface area contributed by atoms with E-state index in [1.807, 2.05) is 6.07 Å². The average Bonchev–Trinajstić information content (AvgIpc) is 2.30. The van der Waals surface area contributed by atoms with Crippen LogP contribution in [0.3, 0.4) is 0 Å². The molecule has 1 aromatic rings. The predicted molar refractivity (Wildman–Crippen MR) is 74.8 cm³/mol. The molecule has 1 heterocycles. The van der Waals surface area contributed by atoms with E-state index in [1.54, 1.807) is 12.4 Å². The van der Waals surface area contributed by atoms with Gasteiger partial charge in [-0.15, -0.1) is 0 Å². The van der Waals surface area contributed by atoms with Gasteiger partial charge < -0.3 is 4.90 Å². The number of nitrogens with zero attached hydrogens (tertiary/aromatic N) is 2. The molecule has 0 N–H and O–H groups in total. The predicted octanol–water partition coefficient (Wildman–Crippen LogP) is 4.12.